The number of halogens is 1. The predicted molar refractivity (Wildman–Crippen MR) is 129 cm³/mol. The molecule has 1 aliphatic rings. The van der Waals surface area contributed by atoms with E-state index in [2.05, 4.69) is 53.8 Å². The fourth-order valence-electron chi connectivity index (χ4n) is 4.37. The molecule has 3 atom stereocenters. The van der Waals surface area contributed by atoms with Gasteiger partial charge in [-0.1, -0.05) is 24.3 Å². The summed E-state index contributed by atoms with van der Waals surface area (Å²) < 4.78 is 14.1. The number of aromatic amines is 2. The number of aromatic nitrogens is 6. The number of hydrogen-bond donors (Lipinski definition) is 4. The zero-order valence-corrected chi connectivity index (χ0v) is 18.5. The van der Waals surface area contributed by atoms with Crippen molar-refractivity contribution in [3.63, 3.8) is 0 Å². The van der Waals surface area contributed by atoms with Gasteiger partial charge in [0.1, 0.15) is 11.6 Å². The number of fused-ring (bicyclic) bond motifs is 1. The van der Waals surface area contributed by atoms with Crippen molar-refractivity contribution in [1.82, 2.24) is 30.1 Å². The van der Waals surface area contributed by atoms with Crippen LogP contribution in [-0.4, -0.2) is 30.1 Å². The van der Waals surface area contributed by atoms with E-state index in [-0.39, 0.29) is 23.7 Å². The minimum atomic E-state index is -0.146. The van der Waals surface area contributed by atoms with Crippen LogP contribution in [0.5, 0.6) is 0 Å². The molecular weight excluding hydrogens is 431 g/mol. The van der Waals surface area contributed by atoms with Gasteiger partial charge in [0.25, 0.3) is 0 Å². The molecule has 5 aromatic rings. The third-order valence-electron chi connectivity index (χ3n) is 6.30. The van der Waals surface area contributed by atoms with Gasteiger partial charge in [0.05, 0.1) is 23.4 Å². The minimum absolute atomic E-state index is 0.00137. The Morgan fingerprint density at radius 1 is 1.03 bits per heavy atom. The average molecular weight is 455 g/mol. The molecule has 0 unspecified atom stereocenters. The summed E-state index contributed by atoms with van der Waals surface area (Å²) in [5.41, 5.74) is 4.77. The van der Waals surface area contributed by atoms with Crippen molar-refractivity contribution >= 4 is 28.6 Å². The molecule has 6 rings (SSSR count). The fourth-order valence-corrected chi connectivity index (χ4v) is 4.37. The average Bonchev–Trinajstić information content (AvgIpc) is 3.25. The first-order valence-corrected chi connectivity index (χ1v) is 11.2. The molecule has 9 heteroatoms. The molecule has 170 valence electrons. The van der Waals surface area contributed by atoms with Crippen LogP contribution in [0.15, 0.2) is 67.1 Å². The van der Waals surface area contributed by atoms with E-state index in [1.54, 1.807) is 24.7 Å². The van der Waals surface area contributed by atoms with E-state index in [4.69, 9.17) is 0 Å². The summed E-state index contributed by atoms with van der Waals surface area (Å²) in [6, 6.07) is 16.8. The second kappa shape index (κ2) is 8.26. The molecule has 0 spiro atoms. The van der Waals surface area contributed by atoms with Crippen LogP contribution >= 0.6 is 0 Å². The van der Waals surface area contributed by atoms with Gasteiger partial charge in [-0.3, -0.25) is 5.10 Å². The van der Waals surface area contributed by atoms with E-state index < -0.39 is 0 Å². The van der Waals surface area contributed by atoms with Gasteiger partial charge < -0.3 is 15.6 Å². The summed E-state index contributed by atoms with van der Waals surface area (Å²) in [6.07, 6.45) is 4.30. The van der Waals surface area contributed by atoms with Crippen molar-refractivity contribution < 1.29 is 4.39 Å². The number of rotatable bonds is 7. The van der Waals surface area contributed by atoms with Gasteiger partial charge in [-0.2, -0.15) is 10.1 Å². The van der Waals surface area contributed by atoms with Gasteiger partial charge >= 0.3 is 0 Å². The maximum Gasteiger partial charge on any atom is 0.225 e. The van der Waals surface area contributed by atoms with E-state index in [1.165, 1.54) is 6.07 Å². The molecule has 0 bridgehead atoms. The first kappa shape index (κ1) is 20.3. The summed E-state index contributed by atoms with van der Waals surface area (Å²) >= 11 is 0. The molecule has 0 saturated heterocycles. The zero-order valence-electron chi connectivity index (χ0n) is 18.5. The highest BCUT2D eigenvalue weighted by Gasteiger charge is 2.42. The Morgan fingerprint density at radius 2 is 1.94 bits per heavy atom. The van der Waals surface area contributed by atoms with E-state index in [0.29, 0.717) is 17.6 Å². The highest BCUT2D eigenvalue weighted by atomic mass is 19.1. The molecule has 0 aliphatic heterocycles. The molecule has 4 N–H and O–H groups in total. The summed E-state index contributed by atoms with van der Waals surface area (Å²) in [5.74, 6) is 2.09. The van der Waals surface area contributed by atoms with Crippen LogP contribution in [0.3, 0.4) is 0 Å². The van der Waals surface area contributed by atoms with Crippen LogP contribution in [0.4, 0.5) is 22.0 Å². The quantitative estimate of drug-likeness (QED) is 0.262. The lowest BCUT2D eigenvalue weighted by molar-refractivity contribution is 0.609. The lowest BCUT2D eigenvalue weighted by Crippen LogP contribution is -2.10. The summed E-state index contributed by atoms with van der Waals surface area (Å²) in [4.78, 5) is 16.3. The van der Waals surface area contributed by atoms with E-state index in [0.717, 1.165) is 34.3 Å². The molecule has 8 nitrogen and oxygen atoms in total. The first-order chi connectivity index (χ1) is 16.6. The van der Waals surface area contributed by atoms with Gasteiger partial charge in [0.15, 0.2) is 5.82 Å². The van der Waals surface area contributed by atoms with E-state index >= 15 is 0 Å². The van der Waals surface area contributed by atoms with Gasteiger partial charge in [-0.25, -0.2) is 14.4 Å². The van der Waals surface area contributed by atoms with Crippen LogP contribution < -0.4 is 10.6 Å². The van der Waals surface area contributed by atoms with Crippen LogP contribution in [-0.2, 0) is 0 Å². The summed E-state index contributed by atoms with van der Waals surface area (Å²) in [7, 11) is 0. The van der Waals surface area contributed by atoms with Crippen molar-refractivity contribution in [2.24, 2.45) is 0 Å². The predicted octanol–water partition coefficient (Wildman–Crippen LogP) is 5.40. The normalized spacial score (nSPS) is 18.1. The smallest absolute Gasteiger partial charge is 0.225 e. The van der Waals surface area contributed by atoms with E-state index in [9.17, 15) is 4.39 Å². The maximum absolute atomic E-state index is 14.1. The number of nitrogens with zero attached hydrogens (tertiary/aromatic N) is 4. The lowest BCUT2D eigenvalue weighted by atomic mass is 10.1. The third-order valence-corrected chi connectivity index (χ3v) is 6.30. The monoisotopic (exact) mass is 454 g/mol. The summed E-state index contributed by atoms with van der Waals surface area (Å²) in [6.45, 7) is 2.05. The topological polar surface area (TPSA) is 107 Å². The standard InChI is InChI=1S/C25H23FN8/c1-14(15-6-7-20-22(10-15)29-13-28-20)30-25-27-9-8-23(32-25)31-24-12-21(33-34-24)18-11-17(18)16-4-2-3-5-19(16)26/h2-10,12-14,17-18H,11H2,1H3,(H,28,29)(H3,27,30,31,32,33,34)/t14-,17-,18+/m0/s1. The van der Waals surface area contributed by atoms with Gasteiger partial charge in [-0.15, -0.1) is 0 Å². The lowest BCUT2D eigenvalue weighted by Gasteiger charge is -2.14. The third kappa shape index (κ3) is 3.96. The van der Waals surface area contributed by atoms with Crippen molar-refractivity contribution in [1.29, 1.82) is 0 Å². The number of anilines is 3. The molecule has 1 aliphatic carbocycles. The van der Waals surface area contributed by atoms with Crippen LogP contribution in [0.25, 0.3) is 11.0 Å². The van der Waals surface area contributed by atoms with Crippen LogP contribution in [0.1, 0.15) is 48.0 Å². The highest BCUT2D eigenvalue weighted by Crippen LogP contribution is 2.54. The molecule has 0 radical (unpaired) electrons. The molecule has 34 heavy (non-hydrogen) atoms. The van der Waals surface area contributed by atoms with Crippen molar-refractivity contribution in [3.05, 3.63) is 89.8 Å². The molecule has 3 aromatic heterocycles. The Labute approximate surface area is 195 Å². The Bertz CT molecular complexity index is 1460. The van der Waals surface area contributed by atoms with E-state index in [1.807, 2.05) is 30.3 Å². The Morgan fingerprint density at radius 3 is 2.85 bits per heavy atom. The molecule has 1 fully saturated rings. The van der Waals surface area contributed by atoms with Gasteiger partial charge in [-0.05, 0) is 54.7 Å². The van der Waals surface area contributed by atoms with Crippen LogP contribution in [0, 0.1) is 5.82 Å². The minimum Gasteiger partial charge on any atom is -0.348 e. The first-order valence-electron chi connectivity index (χ1n) is 11.2. The number of nitrogens with one attached hydrogen (secondary N) is 4. The molecule has 2 aromatic carbocycles. The molecular formula is C25H23FN8. The van der Waals surface area contributed by atoms with Crippen LogP contribution in [0.2, 0.25) is 0 Å². The molecule has 0 amide bonds. The summed E-state index contributed by atoms with van der Waals surface area (Å²) in [5, 5.41) is 14.0. The Hall–Kier alpha value is -4.27. The maximum atomic E-state index is 14.1. The SMILES string of the molecule is C[C@H](Nc1nccc(Nc2cc([C@@H]3C[C@H]3c3ccccc3F)[nH]n2)n1)c1ccc2[nH]cnc2c1. The highest BCUT2D eigenvalue weighted by molar-refractivity contribution is 5.75. The van der Waals surface area contributed by atoms with Gasteiger partial charge in [0.2, 0.25) is 5.95 Å². The zero-order chi connectivity index (χ0) is 23.1. The molecule has 3 heterocycles. The largest absolute Gasteiger partial charge is 0.348 e. The number of benzene rings is 2. The number of H-pyrrole nitrogens is 2. The van der Waals surface area contributed by atoms with Crippen molar-refractivity contribution in [2.75, 3.05) is 10.6 Å². The van der Waals surface area contributed by atoms with Crippen molar-refractivity contribution in [2.45, 2.75) is 31.2 Å². The fraction of sp³-hybridized carbons (Fsp3) is 0.200. The Balaban J connectivity index is 1.12. The second-order valence-corrected chi connectivity index (χ2v) is 8.61. The van der Waals surface area contributed by atoms with Crippen molar-refractivity contribution in [3.8, 4) is 0 Å². The van der Waals surface area contributed by atoms with Gasteiger partial charge in [0, 0.05) is 23.9 Å². The molecule has 1 saturated carbocycles. The Kier molecular flexibility index (Phi) is 4.94. The number of imidazole rings is 1. The number of hydrogen-bond acceptors (Lipinski definition) is 6. The second-order valence-electron chi connectivity index (χ2n) is 8.61.